The van der Waals surface area contributed by atoms with Crippen LogP contribution in [-0.2, 0) is 6.54 Å². The molecule has 0 aliphatic carbocycles. The highest BCUT2D eigenvalue weighted by Crippen LogP contribution is 2.25. The highest BCUT2D eigenvalue weighted by Gasteiger charge is 2.28. The van der Waals surface area contributed by atoms with Gasteiger partial charge in [-0.25, -0.2) is 13.6 Å². The summed E-state index contributed by atoms with van der Waals surface area (Å²) in [6.45, 7) is 3.55. The van der Waals surface area contributed by atoms with E-state index in [9.17, 15) is 18.4 Å². The number of anilines is 2. The molecule has 2 fully saturated rings. The molecule has 5 rings (SSSR count). The minimum Gasteiger partial charge on any atom is -0.366 e. The van der Waals surface area contributed by atoms with Crippen LogP contribution in [0.5, 0.6) is 0 Å². The van der Waals surface area contributed by atoms with Gasteiger partial charge in [-0.05, 0) is 54.4 Å². The van der Waals surface area contributed by atoms with E-state index in [1.807, 2.05) is 17.0 Å². The van der Waals surface area contributed by atoms with Crippen LogP contribution in [0.1, 0.15) is 22.3 Å². The third-order valence-corrected chi connectivity index (χ3v) is 6.74. The van der Waals surface area contributed by atoms with Gasteiger partial charge >= 0.3 is 6.03 Å². The van der Waals surface area contributed by atoms with Gasteiger partial charge in [0.1, 0.15) is 11.6 Å². The molecule has 0 saturated carbocycles. The molecule has 8 heteroatoms. The maximum absolute atomic E-state index is 14.1. The fraction of sp³-hybridized carbons (Fsp3) is 0.286. The molecule has 3 aromatic carbocycles. The second-order valence-electron chi connectivity index (χ2n) is 9.12. The van der Waals surface area contributed by atoms with E-state index in [0.29, 0.717) is 62.8 Å². The third-order valence-electron chi connectivity index (χ3n) is 6.74. The third kappa shape index (κ3) is 5.03. The smallest absolute Gasteiger partial charge is 0.324 e. The molecule has 3 aromatic rings. The first kappa shape index (κ1) is 23.8. The van der Waals surface area contributed by atoms with E-state index in [0.717, 1.165) is 12.0 Å². The van der Waals surface area contributed by atoms with Crippen LogP contribution in [0.25, 0.3) is 0 Å². The first-order chi connectivity index (χ1) is 17.5. The fourth-order valence-electron chi connectivity index (χ4n) is 4.87. The molecule has 2 heterocycles. The molecule has 0 atom stereocenters. The van der Waals surface area contributed by atoms with Crippen molar-refractivity contribution in [1.29, 1.82) is 0 Å². The van der Waals surface area contributed by atoms with E-state index in [2.05, 4.69) is 0 Å². The largest absolute Gasteiger partial charge is 0.366 e. The van der Waals surface area contributed by atoms with E-state index in [-0.39, 0.29) is 23.6 Å². The summed E-state index contributed by atoms with van der Waals surface area (Å²) in [7, 11) is 0. The number of hydrogen-bond acceptors (Lipinski definition) is 3. The molecule has 6 nitrogen and oxygen atoms in total. The van der Waals surface area contributed by atoms with Gasteiger partial charge in [0, 0.05) is 57.1 Å². The second kappa shape index (κ2) is 10.4. The van der Waals surface area contributed by atoms with Crippen LogP contribution in [0.4, 0.5) is 25.0 Å². The Morgan fingerprint density at radius 3 is 2.36 bits per heavy atom. The van der Waals surface area contributed by atoms with Crippen LogP contribution in [0.15, 0.2) is 72.8 Å². The van der Waals surface area contributed by atoms with Gasteiger partial charge < -0.3 is 14.7 Å². The average Bonchev–Trinajstić information content (AvgIpc) is 2.90. The van der Waals surface area contributed by atoms with Crippen LogP contribution in [-0.4, -0.2) is 61.0 Å². The average molecular weight is 491 g/mol. The number of hydrogen-bond donors (Lipinski definition) is 0. The number of carbonyl (C=O) groups is 2. The van der Waals surface area contributed by atoms with E-state index in [1.165, 1.54) is 18.2 Å². The Hall–Kier alpha value is -3.94. The van der Waals surface area contributed by atoms with Crippen molar-refractivity contribution in [2.24, 2.45) is 0 Å². The molecule has 0 bridgehead atoms. The SMILES string of the molecule is O=C(c1cccc(N2CCCN(Cc3cccc(F)c3)C2=O)c1)N1CCN(c2ccccc2F)CC1. The molecule has 0 radical (unpaired) electrons. The van der Waals surface area contributed by atoms with E-state index in [4.69, 9.17) is 0 Å². The number of nitrogens with zero attached hydrogens (tertiary/aromatic N) is 4. The number of piperazine rings is 1. The van der Waals surface area contributed by atoms with Gasteiger partial charge in [-0.15, -0.1) is 0 Å². The zero-order valence-corrected chi connectivity index (χ0v) is 19.9. The Bertz CT molecular complexity index is 1260. The normalized spacial score (nSPS) is 16.4. The monoisotopic (exact) mass is 490 g/mol. The van der Waals surface area contributed by atoms with Gasteiger partial charge in [-0.2, -0.15) is 0 Å². The summed E-state index contributed by atoms with van der Waals surface area (Å²) >= 11 is 0. The highest BCUT2D eigenvalue weighted by molar-refractivity contribution is 5.98. The van der Waals surface area contributed by atoms with E-state index in [1.54, 1.807) is 57.2 Å². The summed E-state index contributed by atoms with van der Waals surface area (Å²) in [5.41, 5.74) is 2.48. The lowest BCUT2D eigenvalue weighted by atomic mass is 10.1. The summed E-state index contributed by atoms with van der Waals surface area (Å²) < 4.78 is 27.7. The van der Waals surface area contributed by atoms with Crippen molar-refractivity contribution < 1.29 is 18.4 Å². The lowest BCUT2D eigenvalue weighted by Crippen LogP contribution is -2.49. The van der Waals surface area contributed by atoms with Crippen molar-refractivity contribution in [2.75, 3.05) is 49.1 Å². The Morgan fingerprint density at radius 1 is 0.806 bits per heavy atom. The van der Waals surface area contributed by atoms with Crippen LogP contribution in [0, 0.1) is 11.6 Å². The number of urea groups is 1. The summed E-state index contributed by atoms with van der Waals surface area (Å²) in [6, 6.07) is 19.9. The minimum absolute atomic E-state index is 0.105. The van der Waals surface area contributed by atoms with Crippen molar-refractivity contribution in [2.45, 2.75) is 13.0 Å². The molecular weight excluding hydrogens is 462 g/mol. The van der Waals surface area contributed by atoms with E-state index >= 15 is 0 Å². The predicted molar refractivity (Wildman–Crippen MR) is 135 cm³/mol. The number of para-hydroxylation sites is 1. The summed E-state index contributed by atoms with van der Waals surface area (Å²) in [4.78, 5) is 33.6. The molecule has 186 valence electrons. The number of rotatable bonds is 5. The Kier molecular flexibility index (Phi) is 6.84. The molecule has 0 aromatic heterocycles. The molecule has 0 spiro atoms. The molecule has 0 unspecified atom stereocenters. The second-order valence-corrected chi connectivity index (χ2v) is 9.12. The van der Waals surface area contributed by atoms with Crippen LogP contribution < -0.4 is 9.80 Å². The number of carbonyl (C=O) groups excluding carboxylic acids is 2. The topological polar surface area (TPSA) is 47.1 Å². The Morgan fingerprint density at radius 2 is 1.58 bits per heavy atom. The van der Waals surface area contributed by atoms with E-state index < -0.39 is 0 Å². The van der Waals surface area contributed by atoms with Crippen molar-refractivity contribution in [3.05, 3.63) is 95.6 Å². The minimum atomic E-state index is -0.324. The van der Waals surface area contributed by atoms with Crippen LogP contribution >= 0.6 is 0 Å². The van der Waals surface area contributed by atoms with Crippen molar-refractivity contribution in [3.63, 3.8) is 0 Å². The molecule has 2 saturated heterocycles. The van der Waals surface area contributed by atoms with Crippen LogP contribution in [0.2, 0.25) is 0 Å². The van der Waals surface area contributed by atoms with Crippen molar-refractivity contribution in [3.8, 4) is 0 Å². The molecule has 0 N–H and O–H groups in total. The zero-order chi connectivity index (χ0) is 25.1. The summed E-state index contributed by atoms with van der Waals surface area (Å²) in [6.07, 6.45) is 0.775. The lowest BCUT2D eigenvalue weighted by Gasteiger charge is -2.37. The van der Waals surface area contributed by atoms with Gasteiger partial charge in [-0.3, -0.25) is 9.69 Å². The Labute approximate surface area is 209 Å². The number of benzene rings is 3. The zero-order valence-electron chi connectivity index (χ0n) is 19.9. The molecule has 36 heavy (non-hydrogen) atoms. The molecule has 3 amide bonds. The Balaban J connectivity index is 1.25. The van der Waals surface area contributed by atoms with Gasteiger partial charge in [-0.1, -0.05) is 30.3 Å². The van der Waals surface area contributed by atoms with Gasteiger partial charge in [0.05, 0.1) is 5.69 Å². The fourth-order valence-corrected chi connectivity index (χ4v) is 4.87. The van der Waals surface area contributed by atoms with Crippen molar-refractivity contribution in [1.82, 2.24) is 9.80 Å². The molecule has 2 aliphatic rings. The molecule has 2 aliphatic heterocycles. The predicted octanol–water partition coefficient (Wildman–Crippen LogP) is 4.76. The highest BCUT2D eigenvalue weighted by atomic mass is 19.1. The summed E-state index contributed by atoms with van der Waals surface area (Å²) in [5.74, 6) is -0.691. The first-order valence-corrected chi connectivity index (χ1v) is 12.2. The lowest BCUT2D eigenvalue weighted by molar-refractivity contribution is 0.0746. The number of amides is 3. The van der Waals surface area contributed by atoms with Gasteiger partial charge in [0.25, 0.3) is 5.91 Å². The van der Waals surface area contributed by atoms with Crippen LogP contribution in [0.3, 0.4) is 0 Å². The number of halogens is 2. The maximum atomic E-state index is 14.1. The maximum Gasteiger partial charge on any atom is 0.324 e. The standard InChI is InChI=1S/C28H28F2N4O2/c29-23-8-3-6-21(18-23)20-33-12-5-13-34(28(33)36)24-9-4-7-22(19-24)27(35)32-16-14-31(15-17-32)26-11-2-1-10-25(26)30/h1-4,6-11,18-19H,5,12-17,20H2. The summed E-state index contributed by atoms with van der Waals surface area (Å²) in [5, 5.41) is 0. The first-order valence-electron chi connectivity index (χ1n) is 12.2. The molecular formula is C28H28F2N4O2. The van der Waals surface area contributed by atoms with Gasteiger partial charge in [0.15, 0.2) is 0 Å². The van der Waals surface area contributed by atoms with Crippen molar-refractivity contribution >= 4 is 23.3 Å². The van der Waals surface area contributed by atoms with Gasteiger partial charge in [0.2, 0.25) is 0 Å². The quantitative estimate of drug-likeness (QED) is 0.518.